The maximum atomic E-state index is 5.90. The van der Waals surface area contributed by atoms with Crippen molar-refractivity contribution in [2.75, 3.05) is 39.8 Å². The summed E-state index contributed by atoms with van der Waals surface area (Å²) in [7, 11) is 2.30. The smallest absolute Gasteiger partial charge is 0.0117 e. The highest BCUT2D eigenvalue weighted by molar-refractivity contribution is 4.78. The van der Waals surface area contributed by atoms with E-state index >= 15 is 0 Å². The molecule has 0 aliphatic carbocycles. The van der Waals surface area contributed by atoms with Crippen LogP contribution in [0.3, 0.4) is 0 Å². The Hall–Kier alpha value is -0.120. The van der Waals surface area contributed by atoms with Crippen molar-refractivity contribution in [2.45, 2.75) is 52.5 Å². The number of hydrogen-bond donors (Lipinski definition) is 1. The van der Waals surface area contributed by atoms with Crippen LogP contribution in [-0.4, -0.2) is 55.6 Å². The van der Waals surface area contributed by atoms with E-state index in [0.29, 0.717) is 5.92 Å². The van der Waals surface area contributed by atoms with E-state index in [2.05, 4.69) is 37.6 Å². The molecule has 0 spiro atoms. The van der Waals surface area contributed by atoms with Gasteiger partial charge in [0.15, 0.2) is 0 Å². The zero-order chi connectivity index (χ0) is 14.3. The molecule has 1 heterocycles. The summed E-state index contributed by atoms with van der Waals surface area (Å²) in [6, 6.07) is 0.792. The van der Waals surface area contributed by atoms with Crippen LogP contribution in [0.1, 0.15) is 46.5 Å². The number of piperidine rings is 1. The Morgan fingerprint density at radius 2 is 1.89 bits per heavy atom. The first kappa shape index (κ1) is 16.9. The van der Waals surface area contributed by atoms with Crippen LogP contribution in [-0.2, 0) is 0 Å². The fourth-order valence-corrected chi connectivity index (χ4v) is 3.24. The van der Waals surface area contributed by atoms with Crippen LogP contribution in [0.4, 0.5) is 0 Å². The van der Waals surface area contributed by atoms with E-state index < -0.39 is 0 Å². The van der Waals surface area contributed by atoms with Gasteiger partial charge in [0.05, 0.1) is 0 Å². The zero-order valence-electron chi connectivity index (χ0n) is 13.6. The molecule has 0 aromatic rings. The maximum Gasteiger partial charge on any atom is 0.0117 e. The number of rotatable bonds is 8. The highest BCUT2D eigenvalue weighted by Crippen LogP contribution is 2.18. The Kier molecular flexibility index (Phi) is 7.96. The van der Waals surface area contributed by atoms with Crippen molar-refractivity contribution >= 4 is 0 Å². The molecular formula is C16H35N3. The van der Waals surface area contributed by atoms with Gasteiger partial charge in [0.1, 0.15) is 0 Å². The van der Waals surface area contributed by atoms with Crippen LogP contribution >= 0.6 is 0 Å². The summed E-state index contributed by atoms with van der Waals surface area (Å²) in [4.78, 5) is 5.14. The van der Waals surface area contributed by atoms with Crippen molar-refractivity contribution in [2.24, 2.45) is 17.6 Å². The molecule has 3 heteroatoms. The van der Waals surface area contributed by atoms with Crippen molar-refractivity contribution in [3.63, 3.8) is 0 Å². The number of likely N-dealkylation sites (tertiary alicyclic amines) is 1. The Balaban J connectivity index is 2.25. The van der Waals surface area contributed by atoms with Crippen LogP contribution in [0.2, 0.25) is 0 Å². The van der Waals surface area contributed by atoms with E-state index in [9.17, 15) is 0 Å². The molecule has 114 valence electrons. The van der Waals surface area contributed by atoms with E-state index in [1.54, 1.807) is 0 Å². The Bertz CT molecular complexity index is 222. The van der Waals surface area contributed by atoms with Crippen LogP contribution in [0.5, 0.6) is 0 Å². The molecule has 2 N–H and O–H groups in total. The minimum atomic E-state index is 0.707. The average Bonchev–Trinajstić information content (AvgIpc) is 2.42. The molecule has 0 amide bonds. The second kappa shape index (κ2) is 8.93. The molecule has 1 saturated heterocycles. The van der Waals surface area contributed by atoms with Gasteiger partial charge >= 0.3 is 0 Å². The highest BCUT2D eigenvalue weighted by Gasteiger charge is 2.22. The molecule has 0 saturated carbocycles. The summed E-state index contributed by atoms with van der Waals surface area (Å²) in [6.45, 7) is 12.7. The number of hydrogen-bond acceptors (Lipinski definition) is 3. The lowest BCUT2D eigenvalue weighted by Gasteiger charge is -2.36. The third kappa shape index (κ3) is 6.24. The normalized spacial score (nSPS) is 20.4. The average molecular weight is 269 g/mol. The summed E-state index contributed by atoms with van der Waals surface area (Å²) in [5, 5.41) is 0. The van der Waals surface area contributed by atoms with Gasteiger partial charge in [-0.05, 0) is 77.3 Å². The lowest BCUT2D eigenvalue weighted by molar-refractivity contribution is 0.125. The molecule has 1 atom stereocenters. The monoisotopic (exact) mass is 269 g/mol. The van der Waals surface area contributed by atoms with Crippen LogP contribution in [0, 0.1) is 11.8 Å². The number of nitrogens with two attached hydrogens (primary N) is 1. The zero-order valence-corrected chi connectivity index (χ0v) is 13.6. The largest absolute Gasteiger partial charge is 0.330 e. The molecule has 3 nitrogen and oxygen atoms in total. The molecule has 19 heavy (non-hydrogen) atoms. The topological polar surface area (TPSA) is 32.5 Å². The minimum absolute atomic E-state index is 0.707. The van der Waals surface area contributed by atoms with Crippen molar-refractivity contribution in [1.29, 1.82) is 0 Å². The van der Waals surface area contributed by atoms with Gasteiger partial charge < -0.3 is 15.5 Å². The maximum absolute atomic E-state index is 5.90. The number of nitrogens with zero attached hydrogens (tertiary/aromatic N) is 2. The summed E-state index contributed by atoms with van der Waals surface area (Å²) in [5.74, 6) is 1.48. The predicted octanol–water partition coefficient (Wildman–Crippen LogP) is 2.41. The van der Waals surface area contributed by atoms with Gasteiger partial charge in [-0.25, -0.2) is 0 Å². The first-order valence-corrected chi connectivity index (χ1v) is 8.19. The fraction of sp³-hybridized carbons (Fsp3) is 1.00. The molecule has 1 aliphatic heterocycles. The summed E-state index contributed by atoms with van der Waals surface area (Å²) in [6.07, 6.45) is 5.21. The van der Waals surface area contributed by atoms with E-state index in [1.165, 1.54) is 51.9 Å². The predicted molar refractivity (Wildman–Crippen MR) is 84.4 cm³/mol. The van der Waals surface area contributed by atoms with Crippen molar-refractivity contribution in [3.05, 3.63) is 0 Å². The summed E-state index contributed by atoms with van der Waals surface area (Å²) >= 11 is 0. The van der Waals surface area contributed by atoms with Crippen molar-refractivity contribution in [3.8, 4) is 0 Å². The Morgan fingerprint density at radius 3 is 2.37 bits per heavy atom. The fourth-order valence-electron chi connectivity index (χ4n) is 3.24. The molecule has 1 unspecified atom stereocenters. The van der Waals surface area contributed by atoms with Gasteiger partial charge in [-0.2, -0.15) is 0 Å². The quantitative estimate of drug-likeness (QED) is 0.734. The first-order valence-electron chi connectivity index (χ1n) is 8.19. The lowest BCUT2D eigenvalue weighted by Crippen LogP contribution is -2.43. The molecule has 1 rings (SSSR count). The molecular weight excluding hydrogens is 234 g/mol. The van der Waals surface area contributed by atoms with Crippen molar-refractivity contribution in [1.82, 2.24) is 9.80 Å². The lowest BCUT2D eigenvalue weighted by atomic mass is 9.93. The standard InChI is InChI=1S/C16H35N3/c1-5-19-10-7-16(8-11-19)18(4)9-6-15(13-17)12-14(2)3/h14-16H,5-13,17H2,1-4H3. The molecule has 0 aromatic heterocycles. The minimum Gasteiger partial charge on any atom is -0.330 e. The van der Waals surface area contributed by atoms with Crippen LogP contribution < -0.4 is 5.73 Å². The third-order valence-electron chi connectivity index (χ3n) is 4.66. The van der Waals surface area contributed by atoms with Crippen molar-refractivity contribution < 1.29 is 0 Å². The van der Waals surface area contributed by atoms with Crippen LogP contribution in [0.25, 0.3) is 0 Å². The van der Waals surface area contributed by atoms with Gasteiger partial charge in [-0.3, -0.25) is 0 Å². The van der Waals surface area contributed by atoms with Gasteiger partial charge in [0.2, 0.25) is 0 Å². The molecule has 1 aliphatic rings. The SMILES string of the molecule is CCN1CCC(N(C)CCC(CN)CC(C)C)CC1. The third-order valence-corrected chi connectivity index (χ3v) is 4.66. The molecule has 1 fully saturated rings. The molecule has 0 radical (unpaired) electrons. The van der Waals surface area contributed by atoms with E-state index in [1.807, 2.05) is 0 Å². The van der Waals surface area contributed by atoms with Crippen LogP contribution in [0.15, 0.2) is 0 Å². The second-order valence-corrected chi connectivity index (χ2v) is 6.67. The van der Waals surface area contributed by atoms with Gasteiger partial charge in [-0.15, -0.1) is 0 Å². The van der Waals surface area contributed by atoms with E-state index in [-0.39, 0.29) is 0 Å². The van der Waals surface area contributed by atoms with Gasteiger partial charge in [0, 0.05) is 6.04 Å². The summed E-state index contributed by atoms with van der Waals surface area (Å²) < 4.78 is 0. The highest BCUT2D eigenvalue weighted by atomic mass is 15.2. The Labute approximate surface area is 120 Å². The second-order valence-electron chi connectivity index (χ2n) is 6.67. The summed E-state index contributed by atoms with van der Waals surface area (Å²) in [5.41, 5.74) is 5.90. The van der Waals surface area contributed by atoms with E-state index in [4.69, 9.17) is 5.73 Å². The molecule has 0 bridgehead atoms. The van der Waals surface area contributed by atoms with Gasteiger partial charge in [0.25, 0.3) is 0 Å². The van der Waals surface area contributed by atoms with Gasteiger partial charge in [-0.1, -0.05) is 20.8 Å². The molecule has 0 aromatic carbocycles. The van der Waals surface area contributed by atoms with E-state index in [0.717, 1.165) is 18.5 Å². The first-order chi connectivity index (χ1) is 9.06. The Morgan fingerprint density at radius 1 is 1.26 bits per heavy atom.